The van der Waals surface area contributed by atoms with Crippen molar-refractivity contribution < 1.29 is 33.6 Å². The number of ether oxygens (including phenoxy) is 4. The molecular formula is C29H32O7. The van der Waals surface area contributed by atoms with Crippen molar-refractivity contribution in [1.29, 1.82) is 0 Å². The fourth-order valence-corrected chi connectivity index (χ4v) is 3.90. The average Bonchev–Trinajstić information content (AvgIpc) is 2.86. The summed E-state index contributed by atoms with van der Waals surface area (Å²) >= 11 is 0. The zero-order chi connectivity index (χ0) is 26.4. The van der Waals surface area contributed by atoms with Crippen LogP contribution in [0.5, 0.6) is 23.0 Å². The van der Waals surface area contributed by atoms with E-state index in [9.17, 15) is 14.7 Å². The van der Waals surface area contributed by atoms with Gasteiger partial charge in [-0.2, -0.15) is 0 Å². The summed E-state index contributed by atoms with van der Waals surface area (Å²) in [4.78, 5) is 25.7. The van der Waals surface area contributed by atoms with E-state index in [4.69, 9.17) is 18.9 Å². The third-order valence-corrected chi connectivity index (χ3v) is 5.87. The molecule has 0 radical (unpaired) electrons. The van der Waals surface area contributed by atoms with E-state index in [1.54, 1.807) is 32.9 Å². The van der Waals surface area contributed by atoms with E-state index in [2.05, 4.69) is 0 Å². The number of methoxy groups -OCH3 is 1. The van der Waals surface area contributed by atoms with Gasteiger partial charge in [-0.25, -0.2) is 9.59 Å². The topological polar surface area (TPSA) is 91.3 Å². The minimum Gasteiger partial charge on any atom is -0.507 e. The summed E-state index contributed by atoms with van der Waals surface area (Å²) < 4.78 is 22.4. The van der Waals surface area contributed by atoms with Crippen molar-refractivity contribution >= 4 is 11.9 Å². The number of carbonyl (C=O) groups excluding carboxylic acids is 2. The maximum Gasteiger partial charge on any atom is 0.347 e. The highest BCUT2D eigenvalue weighted by molar-refractivity contribution is 5.98. The van der Waals surface area contributed by atoms with Gasteiger partial charge in [0.1, 0.15) is 40.7 Å². The molecule has 0 atom stereocenters. The molecular weight excluding hydrogens is 460 g/mol. The highest BCUT2D eigenvalue weighted by Gasteiger charge is 2.26. The summed E-state index contributed by atoms with van der Waals surface area (Å²) in [5, 5.41) is 10.7. The van der Waals surface area contributed by atoms with E-state index >= 15 is 0 Å². The lowest BCUT2D eigenvalue weighted by Crippen LogP contribution is -2.15. The minimum absolute atomic E-state index is 0.0604. The molecule has 3 aromatic rings. The molecule has 36 heavy (non-hydrogen) atoms. The fraction of sp³-hybridized carbons (Fsp3) is 0.310. The summed E-state index contributed by atoms with van der Waals surface area (Å²) in [6.07, 6.45) is 0.664. The quantitative estimate of drug-likeness (QED) is 0.289. The maximum absolute atomic E-state index is 13.3. The molecule has 0 aliphatic heterocycles. The zero-order valence-electron chi connectivity index (χ0n) is 21.6. The van der Waals surface area contributed by atoms with Crippen LogP contribution >= 0.6 is 0 Å². The number of hydrogen-bond acceptors (Lipinski definition) is 7. The Morgan fingerprint density at radius 1 is 0.861 bits per heavy atom. The van der Waals surface area contributed by atoms with E-state index in [0.29, 0.717) is 41.2 Å². The summed E-state index contributed by atoms with van der Waals surface area (Å²) in [6.45, 7) is 9.31. The van der Waals surface area contributed by atoms with Crippen LogP contribution in [0.25, 0.3) is 0 Å². The Balaban J connectivity index is 1.90. The van der Waals surface area contributed by atoms with Gasteiger partial charge in [-0.05, 0) is 62.9 Å². The summed E-state index contributed by atoms with van der Waals surface area (Å²) in [5.41, 5.74) is 3.31. The highest BCUT2D eigenvalue weighted by Crippen LogP contribution is 2.38. The van der Waals surface area contributed by atoms with Crippen LogP contribution in [0.1, 0.15) is 61.9 Å². The first kappa shape index (κ1) is 26.6. The van der Waals surface area contributed by atoms with Gasteiger partial charge in [0.25, 0.3) is 0 Å². The van der Waals surface area contributed by atoms with Crippen LogP contribution in [0.4, 0.5) is 0 Å². The van der Waals surface area contributed by atoms with Crippen LogP contribution in [-0.2, 0) is 11.3 Å². The molecule has 0 saturated carbocycles. The molecule has 0 spiro atoms. The molecule has 190 valence electrons. The molecule has 0 saturated heterocycles. The SMILES string of the molecule is CCCOC(=O)c1c(C)cc(OC(=O)c2c(C)cc(OCc3ccccc3)c(C)c2OC)c(C)c1O. The van der Waals surface area contributed by atoms with E-state index in [0.717, 1.165) is 5.56 Å². The maximum atomic E-state index is 13.3. The first-order valence-electron chi connectivity index (χ1n) is 11.8. The van der Waals surface area contributed by atoms with Crippen molar-refractivity contribution in [3.8, 4) is 23.0 Å². The lowest BCUT2D eigenvalue weighted by atomic mass is 10.0. The predicted molar refractivity (Wildman–Crippen MR) is 136 cm³/mol. The molecule has 0 aliphatic carbocycles. The van der Waals surface area contributed by atoms with Gasteiger partial charge in [0.05, 0.1) is 13.7 Å². The van der Waals surface area contributed by atoms with E-state index in [1.807, 2.05) is 44.2 Å². The second-order valence-electron chi connectivity index (χ2n) is 8.56. The van der Waals surface area contributed by atoms with Crippen molar-refractivity contribution in [3.05, 3.63) is 81.4 Å². The van der Waals surface area contributed by atoms with Crippen LogP contribution in [0, 0.1) is 27.7 Å². The summed E-state index contributed by atoms with van der Waals surface area (Å²) in [6, 6.07) is 13.1. The fourth-order valence-electron chi connectivity index (χ4n) is 3.90. The number of carbonyl (C=O) groups is 2. The molecule has 1 N–H and O–H groups in total. The van der Waals surface area contributed by atoms with Gasteiger partial charge in [0.15, 0.2) is 0 Å². The molecule has 3 rings (SSSR count). The third kappa shape index (κ3) is 5.62. The van der Waals surface area contributed by atoms with E-state index < -0.39 is 11.9 Å². The normalized spacial score (nSPS) is 10.6. The van der Waals surface area contributed by atoms with Crippen LogP contribution < -0.4 is 14.2 Å². The molecule has 7 nitrogen and oxygen atoms in total. The number of phenolic OH excluding ortho intramolecular Hbond substituents is 1. The van der Waals surface area contributed by atoms with Crippen LogP contribution in [0.2, 0.25) is 0 Å². The van der Waals surface area contributed by atoms with E-state index in [1.165, 1.54) is 7.11 Å². The van der Waals surface area contributed by atoms with Crippen molar-refractivity contribution in [3.63, 3.8) is 0 Å². The Labute approximate surface area is 211 Å². The largest absolute Gasteiger partial charge is 0.507 e. The second-order valence-corrected chi connectivity index (χ2v) is 8.56. The smallest absolute Gasteiger partial charge is 0.347 e. The van der Waals surface area contributed by atoms with E-state index in [-0.39, 0.29) is 34.8 Å². The number of hydrogen-bond donors (Lipinski definition) is 1. The highest BCUT2D eigenvalue weighted by atomic mass is 16.5. The Morgan fingerprint density at radius 2 is 1.50 bits per heavy atom. The molecule has 0 amide bonds. The Kier molecular flexibility index (Phi) is 8.59. The van der Waals surface area contributed by atoms with Gasteiger partial charge < -0.3 is 24.1 Å². The van der Waals surface area contributed by atoms with Crippen molar-refractivity contribution in [2.45, 2.75) is 47.6 Å². The van der Waals surface area contributed by atoms with Gasteiger partial charge in [0, 0.05) is 11.1 Å². The minimum atomic E-state index is -0.648. The lowest BCUT2D eigenvalue weighted by Gasteiger charge is -2.19. The van der Waals surface area contributed by atoms with Gasteiger partial charge in [0.2, 0.25) is 0 Å². The van der Waals surface area contributed by atoms with Crippen molar-refractivity contribution in [2.75, 3.05) is 13.7 Å². The summed E-state index contributed by atoms with van der Waals surface area (Å²) in [5.74, 6) is -0.447. The zero-order valence-corrected chi connectivity index (χ0v) is 21.6. The number of esters is 2. The molecule has 3 aromatic carbocycles. The van der Waals surface area contributed by atoms with Crippen LogP contribution in [0.3, 0.4) is 0 Å². The number of phenols is 1. The van der Waals surface area contributed by atoms with Crippen molar-refractivity contribution in [2.24, 2.45) is 0 Å². The second kappa shape index (κ2) is 11.6. The molecule has 0 heterocycles. The number of benzene rings is 3. The van der Waals surface area contributed by atoms with Crippen molar-refractivity contribution in [1.82, 2.24) is 0 Å². The number of aromatic hydroxyl groups is 1. The molecule has 0 bridgehead atoms. The standard InChI is InChI=1S/C29H32O7/c1-7-13-34-28(31)24-17(2)15-23(19(4)26(24)30)36-29(32)25-18(3)14-22(20(5)27(25)33-6)35-16-21-11-9-8-10-12-21/h8-12,14-15,30H,7,13,16H2,1-6H3. The Morgan fingerprint density at radius 3 is 2.14 bits per heavy atom. The number of aryl methyl sites for hydroxylation is 2. The lowest BCUT2D eigenvalue weighted by molar-refractivity contribution is 0.0500. The average molecular weight is 493 g/mol. The molecule has 7 heteroatoms. The van der Waals surface area contributed by atoms with Gasteiger partial charge in [-0.1, -0.05) is 37.3 Å². The first-order valence-corrected chi connectivity index (χ1v) is 11.8. The van der Waals surface area contributed by atoms with Gasteiger partial charge in [-0.3, -0.25) is 0 Å². The predicted octanol–water partition coefficient (Wildman–Crippen LogP) is 6.00. The molecule has 0 aromatic heterocycles. The molecule has 0 unspecified atom stereocenters. The summed E-state index contributed by atoms with van der Waals surface area (Å²) in [7, 11) is 1.48. The van der Waals surface area contributed by atoms with Crippen LogP contribution in [0.15, 0.2) is 42.5 Å². The van der Waals surface area contributed by atoms with Crippen LogP contribution in [-0.4, -0.2) is 30.8 Å². The van der Waals surface area contributed by atoms with Gasteiger partial charge >= 0.3 is 11.9 Å². The Hall–Kier alpha value is -4.00. The first-order chi connectivity index (χ1) is 17.2. The molecule has 0 aliphatic rings. The molecule has 0 fully saturated rings. The third-order valence-electron chi connectivity index (χ3n) is 5.87. The Bertz CT molecular complexity index is 1260. The number of rotatable bonds is 9. The monoisotopic (exact) mass is 492 g/mol. The van der Waals surface area contributed by atoms with Gasteiger partial charge in [-0.15, -0.1) is 0 Å².